The average molecular weight is 252 g/mol. The number of nitriles is 1. The SMILES string of the molecule is N#COC(N=C=O)C(C(=O)O)C(N=C=O)N=C=O. The number of aliphatic imine (C=N–C) groups is 3. The monoisotopic (exact) mass is 252 g/mol. The molecule has 0 radical (unpaired) electrons. The molecule has 0 rings (SSSR count). The van der Waals surface area contributed by atoms with Crippen molar-refractivity contribution >= 4 is 24.2 Å². The quantitative estimate of drug-likeness (QED) is 0.340. The van der Waals surface area contributed by atoms with Crippen LogP contribution in [-0.2, 0) is 23.9 Å². The maximum Gasteiger partial charge on any atom is 0.316 e. The molecule has 0 aromatic heterocycles. The third-order valence-electron chi connectivity index (χ3n) is 1.64. The zero-order valence-electron chi connectivity index (χ0n) is 8.51. The standard InChI is InChI=1S/C8H4N4O6/c9-1-18-7(12-4-15)5(8(16)17)6(10-2-13)11-3-14/h5-7H,(H,16,17). The van der Waals surface area contributed by atoms with Crippen molar-refractivity contribution in [3.8, 4) is 6.26 Å². The number of hydrogen-bond acceptors (Lipinski definition) is 9. The van der Waals surface area contributed by atoms with Crippen LogP contribution in [0, 0.1) is 17.4 Å². The number of carboxylic acids is 1. The van der Waals surface area contributed by atoms with Gasteiger partial charge in [0.15, 0.2) is 12.1 Å². The van der Waals surface area contributed by atoms with Gasteiger partial charge in [-0.2, -0.15) is 20.2 Å². The summed E-state index contributed by atoms with van der Waals surface area (Å²) in [6, 6.07) is 0. The number of carboxylic acid groups (broad SMARTS) is 1. The Hall–Kier alpha value is -3.10. The molecule has 0 aromatic carbocycles. The highest BCUT2D eigenvalue weighted by atomic mass is 16.5. The summed E-state index contributed by atoms with van der Waals surface area (Å²) in [6.45, 7) is 0. The van der Waals surface area contributed by atoms with Gasteiger partial charge in [0.1, 0.15) is 0 Å². The Morgan fingerprint density at radius 2 is 1.61 bits per heavy atom. The maximum atomic E-state index is 10.9. The molecule has 2 unspecified atom stereocenters. The van der Waals surface area contributed by atoms with Crippen molar-refractivity contribution in [2.75, 3.05) is 0 Å². The highest BCUT2D eigenvalue weighted by Gasteiger charge is 2.38. The van der Waals surface area contributed by atoms with Crippen LogP contribution in [0.15, 0.2) is 15.0 Å². The fourth-order valence-corrected chi connectivity index (χ4v) is 0.980. The average Bonchev–Trinajstić information content (AvgIpc) is 2.30. The number of nitrogens with zero attached hydrogens (tertiary/aromatic N) is 4. The third kappa shape index (κ3) is 4.18. The van der Waals surface area contributed by atoms with Crippen molar-refractivity contribution in [3.05, 3.63) is 0 Å². The van der Waals surface area contributed by atoms with E-state index in [1.54, 1.807) is 0 Å². The van der Waals surface area contributed by atoms with E-state index in [4.69, 9.17) is 10.4 Å². The molecule has 0 fully saturated rings. The Labute approximate surface area is 98.9 Å². The Bertz CT molecular complexity index is 474. The largest absolute Gasteiger partial charge is 0.481 e. The van der Waals surface area contributed by atoms with Crippen LogP contribution in [0.3, 0.4) is 0 Å². The Kier molecular flexibility index (Phi) is 6.70. The van der Waals surface area contributed by atoms with Crippen molar-refractivity contribution in [1.29, 1.82) is 5.26 Å². The molecule has 10 nitrogen and oxygen atoms in total. The van der Waals surface area contributed by atoms with Gasteiger partial charge >= 0.3 is 5.97 Å². The molecule has 0 spiro atoms. The molecule has 18 heavy (non-hydrogen) atoms. The van der Waals surface area contributed by atoms with Crippen LogP contribution < -0.4 is 0 Å². The Balaban J connectivity index is 5.55. The summed E-state index contributed by atoms with van der Waals surface area (Å²) in [5, 5.41) is 17.1. The van der Waals surface area contributed by atoms with Gasteiger partial charge in [0.25, 0.3) is 6.26 Å². The summed E-state index contributed by atoms with van der Waals surface area (Å²) < 4.78 is 4.20. The lowest BCUT2D eigenvalue weighted by Gasteiger charge is -2.17. The lowest BCUT2D eigenvalue weighted by molar-refractivity contribution is -0.146. The first kappa shape index (κ1) is 14.9. The van der Waals surface area contributed by atoms with E-state index in [2.05, 4.69) is 19.7 Å². The summed E-state index contributed by atoms with van der Waals surface area (Å²) in [7, 11) is 0. The molecule has 2 atom stereocenters. The van der Waals surface area contributed by atoms with Gasteiger partial charge in [0, 0.05) is 0 Å². The van der Waals surface area contributed by atoms with Crippen molar-refractivity contribution in [2.45, 2.75) is 12.4 Å². The number of carbonyl (C=O) groups excluding carboxylic acids is 3. The van der Waals surface area contributed by atoms with Gasteiger partial charge in [-0.3, -0.25) is 4.79 Å². The molecule has 10 heteroatoms. The molecule has 0 amide bonds. The number of isocyanates is 3. The molecule has 0 aliphatic heterocycles. The second kappa shape index (κ2) is 8.10. The van der Waals surface area contributed by atoms with E-state index in [0.29, 0.717) is 0 Å². The summed E-state index contributed by atoms with van der Waals surface area (Å²) in [6.07, 6.45) is 0.468. The van der Waals surface area contributed by atoms with Crippen LogP contribution in [0.5, 0.6) is 0 Å². The van der Waals surface area contributed by atoms with Crippen LogP contribution in [0.1, 0.15) is 0 Å². The second-order valence-electron chi connectivity index (χ2n) is 2.54. The van der Waals surface area contributed by atoms with Crippen molar-refractivity contribution in [1.82, 2.24) is 0 Å². The van der Waals surface area contributed by atoms with Gasteiger partial charge in [-0.1, -0.05) is 0 Å². The van der Waals surface area contributed by atoms with Crippen molar-refractivity contribution < 1.29 is 29.0 Å². The van der Waals surface area contributed by atoms with Crippen LogP contribution in [0.25, 0.3) is 0 Å². The smallest absolute Gasteiger partial charge is 0.316 e. The minimum Gasteiger partial charge on any atom is -0.481 e. The van der Waals surface area contributed by atoms with E-state index in [9.17, 15) is 19.2 Å². The van der Waals surface area contributed by atoms with E-state index < -0.39 is 24.3 Å². The lowest BCUT2D eigenvalue weighted by Crippen LogP contribution is -2.36. The van der Waals surface area contributed by atoms with Crippen LogP contribution in [0.4, 0.5) is 0 Å². The van der Waals surface area contributed by atoms with Crippen LogP contribution in [0.2, 0.25) is 0 Å². The summed E-state index contributed by atoms with van der Waals surface area (Å²) >= 11 is 0. The molecule has 0 saturated carbocycles. The normalized spacial score (nSPS) is 13.3. The van der Waals surface area contributed by atoms with Gasteiger partial charge in [-0.25, -0.2) is 14.4 Å². The fourth-order valence-electron chi connectivity index (χ4n) is 0.980. The predicted octanol–water partition coefficient (Wildman–Crippen LogP) is -1.16. The van der Waals surface area contributed by atoms with Gasteiger partial charge in [-0.15, -0.1) is 0 Å². The zero-order valence-corrected chi connectivity index (χ0v) is 8.51. The summed E-state index contributed by atoms with van der Waals surface area (Å²) in [5.74, 6) is -3.51. The van der Waals surface area contributed by atoms with E-state index in [1.165, 1.54) is 0 Å². The lowest BCUT2D eigenvalue weighted by atomic mass is 10.1. The first-order chi connectivity index (χ1) is 8.62. The number of hydrogen-bond donors (Lipinski definition) is 1. The highest BCUT2D eigenvalue weighted by Crippen LogP contribution is 2.18. The fraction of sp³-hybridized carbons (Fsp3) is 0.375. The van der Waals surface area contributed by atoms with Gasteiger partial charge in [0.05, 0.1) is 0 Å². The molecular formula is C8H4N4O6. The number of aliphatic carboxylic acids is 1. The molecule has 0 aliphatic carbocycles. The maximum absolute atomic E-state index is 10.9. The van der Waals surface area contributed by atoms with Crippen molar-refractivity contribution in [2.24, 2.45) is 20.9 Å². The molecule has 92 valence electrons. The van der Waals surface area contributed by atoms with Gasteiger partial charge in [0.2, 0.25) is 24.5 Å². The first-order valence-corrected chi connectivity index (χ1v) is 4.10. The molecule has 1 N–H and O–H groups in total. The molecular weight excluding hydrogens is 248 g/mol. The zero-order chi connectivity index (χ0) is 14.0. The highest BCUT2D eigenvalue weighted by molar-refractivity contribution is 5.72. The number of carbonyl (C=O) groups is 1. The van der Waals surface area contributed by atoms with E-state index in [0.717, 1.165) is 24.5 Å². The summed E-state index contributed by atoms with van der Waals surface area (Å²) in [5.41, 5.74) is 0. The molecule has 0 bridgehead atoms. The summed E-state index contributed by atoms with van der Waals surface area (Å²) in [4.78, 5) is 49.9. The minimum atomic E-state index is -1.85. The van der Waals surface area contributed by atoms with Crippen molar-refractivity contribution in [3.63, 3.8) is 0 Å². The molecule has 0 aliphatic rings. The second-order valence-corrected chi connectivity index (χ2v) is 2.54. The Morgan fingerprint density at radius 1 is 1.11 bits per heavy atom. The topological polar surface area (TPSA) is 159 Å². The predicted molar refractivity (Wildman–Crippen MR) is 49.8 cm³/mol. The third-order valence-corrected chi connectivity index (χ3v) is 1.64. The van der Waals surface area contributed by atoms with Crippen LogP contribution in [-0.4, -0.2) is 41.7 Å². The van der Waals surface area contributed by atoms with E-state index in [-0.39, 0.29) is 0 Å². The first-order valence-electron chi connectivity index (χ1n) is 4.10. The molecule has 0 saturated heterocycles. The van der Waals surface area contributed by atoms with Crippen LogP contribution >= 0.6 is 0 Å². The number of ether oxygens (including phenoxy) is 1. The van der Waals surface area contributed by atoms with Gasteiger partial charge in [-0.05, 0) is 0 Å². The minimum absolute atomic E-state index is 0.982. The van der Waals surface area contributed by atoms with E-state index in [1.807, 2.05) is 0 Å². The van der Waals surface area contributed by atoms with Gasteiger partial charge < -0.3 is 9.84 Å². The molecule has 0 aromatic rings. The molecule has 0 heterocycles. The Morgan fingerprint density at radius 3 is 1.94 bits per heavy atom. The van der Waals surface area contributed by atoms with E-state index >= 15 is 0 Å². The number of rotatable bonds is 7.